The van der Waals surface area contributed by atoms with Gasteiger partial charge in [0.2, 0.25) is 10.0 Å². The van der Waals surface area contributed by atoms with Gasteiger partial charge in [-0.1, -0.05) is 6.07 Å². The van der Waals surface area contributed by atoms with Crippen molar-refractivity contribution in [1.29, 1.82) is 0 Å². The second kappa shape index (κ2) is 6.08. The van der Waals surface area contributed by atoms with E-state index in [0.717, 1.165) is 18.5 Å². The fourth-order valence-electron chi connectivity index (χ4n) is 3.28. The highest BCUT2D eigenvalue weighted by atomic mass is 32.2. The van der Waals surface area contributed by atoms with E-state index in [1.54, 1.807) is 36.1 Å². The summed E-state index contributed by atoms with van der Waals surface area (Å²) >= 11 is 0. The SMILES string of the molecule is Cc1c(S(=O)(=O)N2CCCC2c2ccn[nH]2)cnn1-c1ccccn1. The van der Waals surface area contributed by atoms with Crippen molar-refractivity contribution in [2.45, 2.75) is 30.7 Å². The first-order valence-electron chi connectivity index (χ1n) is 8.06. The van der Waals surface area contributed by atoms with Gasteiger partial charge in [-0.05, 0) is 38.0 Å². The van der Waals surface area contributed by atoms with Crippen LogP contribution in [0, 0.1) is 6.92 Å². The fraction of sp³-hybridized carbons (Fsp3) is 0.312. The van der Waals surface area contributed by atoms with Crippen LogP contribution in [0.1, 0.15) is 30.3 Å². The first kappa shape index (κ1) is 16.0. The molecule has 0 amide bonds. The third kappa shape index (κ3) is 2.65. The number of nitrogens with one attached hydrogen (secondary N) is 1. The standard InChI is InChI=1S/C16H18N6O2S/c1-12-15(11-19-22(12)16-6-2-3-8-17-16)25(23,24)21-10-4-5-14(21)13-7-9-18-20-13/h2-3,6-9,11,14H,4-5,10H2,1H3,(H,18,20). The maximum atomic E-state index is 13.2. The van der Waals surface area contributed by atoms with Gasteiger partial charge in [-0.2, -0.15) is 14.5 Å². The van der Waals surface area contributed by atoms with E-state index in [0.29, 0.717) is 18.1 Å². The zero-order chi connectivity index (χ0) is 17.4. The molecule has 3 aromatic heterocycles. The predicted octanol–water partition coefficient (Wildman–Crippen LogP) is 1.82. The molecule has 9 heteroatoms. The Hall–Kier alpha value is -2.52. The molecule has 1 fully saturated rings. The van der Waals surface area contributed by atoms with Gasteiger partial charge in [-0.25, -0.2) is 18.1 Å². The molecule has 0 radical (unpaired) electrons. The average Bonchev–Trinajstić information content (AvgIpc) is 3.35. The third-order valence-electron chi connectivity index (χ3n) is 4.50. The van der Waals surface area contributed by atoms with Crippen molar-refractivity contribution in [3.05, 3.63) is 54.2 Å². The summed E-state index contributed by atoms with van der Waals surface area (Å²) in [4.78, 5) is 4.45. The molecule has 8 nitrogen and oxygen atoms in total. The number of H-pyrrole nitrogens is 1. The lowest BCUT2D eigenvalue weighted by molar-refractivity contribution is 0.390. The summed E-state index contributed by atoms with van der Waals surface area (Å²) < 4.78 is 29.5. The average molecular weight is 358 g/mol. The molecule has 1 saturated heterocycles. The number of rotatable bonds is 4. The Morgan fingerprint density at radius 3 is 2.84 bits per heavy atom. The highest BCUT2D eigenvalue weighted by Crippen LogP contribution is 2.36. The molecule has 1 aliphatic heterocycles. The number of aromatic nitrogens is 5. The van der Waals surface area contributed by atoms with Crippen molar-refractivity contribution >= 4 is 10.0 Å². The van der Waals surface area contributed by atoms with E-state index in [9.17, 15) is 8.42 Å². The highest BCUT2D eigenvalue weighted by Gasteiger charge is 2.38. The van der Waals surface area contributed by atoms with E-state index in [4.69, 9.17) is 0 Å². The highest BCUT2D eigenvalue weighted by molar-refractivity contribution is 7.89. The molecule has 0 aromatic carbocycles. The third-order valence-corrected chi connectivity index (χ3v) is 6.51. The minimum Gasteiger partial charge on any atom is -0.281 e. The molecule has 130 valence electrons. The van der Waals surface area contributed by atoms with Crippen molar-refractivity contribution in [2.75, 3.05) is 6.54 Å². The first-order chi connectivity index (χ1) is 12.1. The summed E-state index contributed by atoms with van der Waals surface area (Å²) in [6, 6.07) is 7.04. The Kier molecular flexibility index (Phi) is 3.89. The van der Waals surface area contributed by atoms with E-state index in [-0.39, 0.29) is 10.9 Å². The topological polar surface area (TPSA) is 96.8 Å². The lowest BCUT2D eigenvalue weighted by atomic mass is 10.2. The number of hydrogen-bond acceptors (Lipinski definition) is 5. The summed E-state index contributed by atoms with van der Waals surface area (Å²) in [6.45, 7) is 2.23. The predicted molar refractivity (Wildman–Crippen MR) is 90.6 cm³/mol. The van der Waals surface area contributed by atoms with Crippen LogP contribution in [-0.2, 0) is 10.0 Å². The molecule has 1 atom stereocenters. The van der Waals surface area contributed by atoms with Gasteiger partial charge in [-0.3, -0.25) is 5.10 Å². The molecular weight excluding hydrogens is 340 g/mol. The smallest absolute Gasteiger partial charge is 0.247 e. The fourth-order valence-corrected chi connectivity index (χ4v) is 5.09. The summed E-state index contributed by atoms with van der Waals surface area (Å²) in [6.07, 6.45) is 6.29. The van der Waals surface area contributed by atoms with Crippen molar-refractivity contribution < 1.29 is 8.42 Å². The molecule has 1 aliphatic rings. The quantitative estimate of drug-likeness (QED) is 0.767. The van der Waals surface area contributed by atoms with E-state index in [1.807, 2.05) is 12.1 Å². The molecule has 0 bridgehead atoms. The Bertz CT molecular complexity index is 965. The van der Waals surface area contributed by atoms with Gasteiger partial charge in [0.05, 0.1) is 23.6 Å². The Morgan fingerprint density at radius 1 is 1.24 bits per heavy atom. The summed E-state index contributed by atoms with van der Waals surface area (Å²) in [5.41, 5.74) is 1.37. The largest absolute Gasteiger partial charge is 0.281 e. The van der Waals surface area contributed by atoms with Crippen LogP contribution in [0.3, 0.4) is 0 Å². The van der Waals surface area contributed by atoms with Crippen molar-refractivity contribution in [2.24, 2.45) is 0 Å². The second-order valence-electron chi connectivity index (χ2n) is 5.98. The molecule has 0 spiro atoms. The van der Waals surface area contributed by atoms with E-state index < -0.39 is 10.0 Å². The molecule has 3 aromatic rings. The van der Waals surface area contributed by atoms with Gasteiger partial charge in [0.1, 0.15) is 4.90 Å². The van der Waals surface area contributed by atoms with Crippen LogP contribution in [0.25, 0.3) is 5.82 Å². The van der Waals surface area contributed by atoms with Gasteiger partial charge in [-0.15, -0.1) is 0 Å². The zero-order valence-corrected chi connectivity index (χ0v) is 14.5. The number of pyridine rings is 1. The molecule has 1 unspecified atom stereocenters. The van der Waals surface area contributed by atoms with Crippen molar-refractivity contribution in [3.63, 3.8) is 0 Å². The Balaban J connectivity index is 1.73. The Labute approximate surface area is 145 Å². The second-order valence-corrected chi connectivity index (χ2v) is 7.84. The number of sulfonamides is 1. The van der Waals surface area contributed by atoms with Gasteiger partial charge < -0.3 is 0 Å². The van der Waals surface area contributed by atoms with E-state index in [1.165, 1.54) is 10.5 Å². The van der Waals surface area contributed by atoms with Gasteiger partial charge >= 0.3 is 0 Å². The van der Waals surface area contributed by atoms with Crippen LogP contribution in [0.15, 0.2) is 47.8 Å². The maximum absolute atomic E-state index is 13.2. The van der Waals surface area contributed by atoms with Gasteiger partial charge in [0.15, 0.2) is 5.82 Å². The molecule has 25 heavy (non-hydrogen) atoms. The van der Waals surface area contributed by atoms with Crippen LogP contribution in [-0.4, -0.2) is 44.2 Å². The van der Waals surface area contributed by atoms with Crippen LogP contribution < -0.4 is 0 Å². The number of hydrogen-bond donors (Lipinski definition) is 1. The first-order valence-corrected chi connectivity index (χ1v) is 9.50. The maximum Gasteiger partial charge on any atom is 0.247 e. The lowest BCUT2D eigenvalue weighted by Gasteiger charge is -2.22. The van der Waals surface area contributed by atoms with Crippen LogP contribution in [0.2, 0.25) is 0 Å². The molecule has 4 rings (SSSR count). The summed E-state index contributed by atoms with van der Waals surface area (Å²) in [7, 11) is -3.66. The van der Waals surface area contributed by atoms with Crippen LogP contribution in [0.4, 0.5) is 0 Å². The van der Waals surface area contributed by atoms with Gasteiger partial charge in [0, 0.05) is 18.9 Å². The monoisotopic (exact) mass is 358 g/mol. The molecular formula is C16H18N6O2S. The number of nitrogens with zero attached hydrogens (tertiary/aromatic N) is 5. The zero-order valence-electron chi connectivity index (χ0n) is 13.7. The lowest BCUT2D eigenvalue weighted by Crippen LogP contribution is -2.31. The molecule has 1 N–H and O–H groups in total. The van der Waals surface area contributed by atoms with Crippen molar-refractivity contribution in [3.8, 4) is 5.82 Å². The summed E-state index contributed by atoms with van der Waals surface area (Å²) in [5.74, 6) is 0.591. The van der Waals surface area contributed by atoms with Crippen molar-refractivity contribution in [1.82, 2.24) is 29.3 Å². The Morgan fingerprint density at radius 2 is 2.12 bits per heavy atom. The van der Waals surface area contributed by atoms with E-state index >= 15 is 0 Å². The molecule has 4 heterocycles. The van der Waals surface area contributed by atoms with Crippen LogP contribution >= 0.6 is 0 Å². The van der Waals surface area contributed by atoms with Gasteiger partial charge in [0.25, 0.3) is 0 Å². The minimum absolute atomic E-state index is 0.213. The number of aromatic amines is 1. The molecule has 0 saturated carbocycles. The normalized spacial score (nSPS) is 18.7. The van der Waals surface area contributed by atoms with Crippen LogP contribution in [0.5, 0.6) is 0 Å². The summed E-state index contributed by atoms with van der Waals surface area (Å²) in [5, 5.41) is 11.1. The molecule has 0 aliphatic carbocycles. The van der Waals surface area contributed by atoms with E-state index in [2.05, 4.69) is 20.3 Å². The minimum atomic E-state index is -3.66.